The Morgan fingerprint density at radius 1 is 1.02 bits per heavy atom. The van der Waals surface area contributed by atoms with Crippen molar-refractivity contribution in [3.63, 3.8) is 0 Å². The van der Waals surface area contributed by atoms with Gasteiger partial charge in [-0.05, 0) is 78.2 Å². The summed E-state index contributed by atoms with van der Waals surface area (Å²) in [7, 11) is 0. The van der Waals surface area contributed by atoms with Crippen LogP contribution < -0.4 is 5.56 Å². The van der Waals surface area contributed by atoms with Gasteiger partial charge < -0.3 is 14.4 Å². The summed E-state index contributed by atoms with van der Waals surface area (Å²) in [4.78, 5) is 34.2. The van der Waals surface area contributed by atoms with E-state index in [4.69, 9.17) is 20.6 Å². The fourth-order valence-electron chi connectivity index (χ4n) is 4.28. The predicted molar refractivity (Wildman–Crippen MR) is 181 cm³/mol. The van der Waals surface area contributed by atoms with Crippen LogP contribution in [0.25, 0.3) is 11.1 Å². The van der Waals surface area contributed by atoms with Gasteiger partial charge in [0.05, 0.1) is 22.0 Å². The molecule has 1 amide bonds. The lowest BCUT2D eigenvalue weighted by Crippen LogP contribution is -2.40. The third-order valence-electron chi connectivity index (χ3n) is 6.80. The third kappa shape index (κ3) is 8.73. The van der Waals surface area contributed by atoms with E-state index in [0.29, 0.717) is 0 Å². The number of aromatic nitrogens is 2. The highest BCUT2D eigenvalue weighted by Crippen LogP contribution is 2.32. The van der Waals surface area contributed by atoms with Crippen LogP contribution in [0.3, 0.4) is 0 Å². The normalized spacial score (nSPS) is 24.6. The Morgan fingerprint density at radius 3 is 2.25 bits per heavy atom. The largest absolute Gasteiger partial charge is 0.416 e. The molecule has 0 N–H and O–H groups in total. The Morgan fingerprint density at radius 2 is 1.65 bits per heavy atom. The van der Waals surface area contributed by atoms with Crippen LogP contribution in [0.5, 0.6) is 0 Å². The number of hydrogen-bond acceptors (Lipinski definition) is 5. The molecule has 254 valence electrons. The molecule has 1 atom stereocenters. The van der Waals surface area contributed by atoms with Crippen LogP contribution in [0.2, 0.25) is 0 Å². The van der Waals surface area contributed by atoms with Gasteiger partial charge in [-0.2, -0.15) is 18.2 Å². The molecule has 0 saturated carbocycles. The zero-order valence-electron chi connectivity index (χ0n) is 44.7. The van der Waals surface area contributed by atoms with Crippen LogP contribution in [0.15, 0.2) is 82.6 Å². The molecular weight excluding hydrogens is 640 g/mol. The van der Waals surface area contributed by atoms with Crippen molar-refractivity contribution in [2.45, 2.75) is 63.5 Å². The van der Waals surface area contributed by atoms with Gasteiger partial charge in [0.2, 0.25) is 5.91 Å². The molecule has 1 aromatic heterocycles. The lowest BCUT2D eigenvalue weighted by atomic mass is 10.0. The van der Waals surface area contributed by atoms with Gasteiger partial charge in [-0.25, -0.2) is 4.39 Å². The SMILES string of the molecule is [2H]c1c([2H])c(C(F)(F)F)c([2H])c([2H])c1-c1c([2H])c([2H])c(C([2H])([2H])N(CCN(CC)CC)C(=O)C([2H])([2H])n2c(SC([2H])([2H])c3ccc(F)cc3)nc(=O)c3c2C([2H])([2H])C([2H])(C)C3([2H])[2H])c([2H])c1[2H]. The summed E-state index contributed by atoms with van der Waals surface area (Å²) in [5.41, 5.74) is -12.9. The molecule has 0 aliphatic heterocycles. The number of benzene rings is 3. The van der Waals surface area contributed by atoms with Crippen molar-refractivity contribution in [2.24, 2.45) is 5.89 Å². The van der Waals surface area contributed by atoms with E-state index in [-0.39, 0.29) is 46.4 Å². The van der Waals surface area contributed by atoms with E-state index in [9.17, 15) is 27.8 Å². The van der Waals surface area contributed by atoms with Crippen LogP contribution in [0, 0.1) is 11.7 Å². The minimum Gasteiger partial charge on any atom is -0.336 e. The number of amides is 1. The zero-order valence-corrected chi connectivity index (χ0v) is 26.5. The van der Waals surface area contributed by atoms with E-state index in [1.54, 1.807) is 18.7 Å². The van der Waals surface area contributed by atoms with Crippen molar-refractivity contribution in [1.82, 2.24) is 19.4 Å². The maximum atomic E-state index is 15.1. The Bertz CT molecular complexity index is 2660. The van der Waals surface area contributed by atoms with E-state index in [2.05, 4.69) is 4.98 Å². The first-order chi connectivity index (χ1) is 30.4. The first kappa shape index (κ1) is 18.2. The zero-order chi connectivity index (χ0) is 51.3. The second kappa shape index (κ2) is 15.5. The standard InChI is InChI=1S/C37H40F4N4O2S/c1-4-43(5-2)18-19-44(22-26-6-10-28(11-7-26)29-12-14-30(15-13-29)37(39,40)41)34(46)23-45-33-21-25(3)20-32(33)35(47)42-36(45)48-24-27-8-16-31(38)17-9-27/h6-17,25H,4-5,18-24H2,1-3H3/i6D,7D,10D,11D,12D,13D,14D,15D,20D2,21D2,22D2,23D2,24D2,25D. The summed E-state index contributed by atoms with van der Waals surface area (Å²) < 4.78 is 223. The molecule has 1 heterocycles. The molecule has 0 spiro atoms. The van der Waals surface area contributed by atoms with Crippen molar-refractivity contribution >= 4 is 17.7 Å². The van der Waals surface area contributed by atoms with Crippen LogP contribution in [0.4, 0.5) is 17.6 Å². The fourth-order valence-corrected chi connectivity index (χ4v) is 4.98. The first-order valence-electron chi connectivity index (χ1n) is 23.9. The lowest BCUT2D eigenvalue weighted by molar-refractivity contribution is -0.137. The van der Waals surface area contributed by atoms with Gasteiger partial charge in [-0.1, -0.05) is 80.9 Å². The van der Waals surface area contributed by atoms with E-state index < -0.39 is 154 Å². The fraction of sp³-hybridized carbons (Fsp3) is 0.378. The van der Waals surface area contributed by atoms with Crippen molar-refractivity contribution in [1.29, 1.82) is 0 Å². The number of halogens is 4. The van der Waals surface area contributed by atoms with Crippen LogP contribution in [-0.4, -0.2) is 51.4 Å². The summed E-state index contributed by atoms with van der Waals surface area (Å²) in [6.45, 7) is -4.46. The number of carbonyl (C=O) groups is 1. The van der Waals surface area contributed by atoms with E-state index >= 15 is 4.79 Å². The van der Waals surface area contributed by atoms with Crippen molar-refractivity contribution in [2.75, 3.05) is 26.2 Å². The Kier molecular flexibility index (Phi) is 5.86. The Labute approximate surface area is 309 Å². The van der Waals surface area contributed by atoms with E-state index in [1.807, 2.05) is 0 Å². The lowest BCUT2D eigenvalue weighted by Gasteiger charge is -2.28. The second-order valence-corrected chi connectivity index (χ2v) is 10.8. The highest BCUT2D eigenvalue weighted by atomic mass is 32.2. The van der Waals surface area contributed by atoms with Gasteiger partial charge in [-0.3, -0.25) is 9.59 Å². The van der Waals surface area contributed by atoms with E-state index in [1.165, 1.54) is 0 Å². The number of fused-ring (bicyclic) bond motifs is 1. The van der Waals surface area contributed by atoms with Gasteiger partial charge in [0.1, 0.15) is 12.3 Å². The maximum absolute atomic E-state index is 15.1. The summed E-state index contributed by atoms with van der Waals surface area (Å²) in [5, 5.41) is -1.15. The smallest absolute Gasteiger partial charge is 0.336 e. The number of hydrogen-bond donors (Lipinski definition) is 0. The molecule has 0 radical (unpaired) electrons. The number of carbonyl (C=O) groups excluding carboxylic acids is 1. The first-order valence-corrected chi connectivity index (χ1v) is 15.2. The Balaban J connectivity index is 1.84. The molecule has 1 aliphatic carbocycles. The number of nitrogens with zero attached hydrogens (tertiary/aromatic N) is 4. The quantitative estimate of drug-likeness (QED) is 0.0824. The third-order valence-corrected chi connectivity index (χ3v) is 7.60. The Hall–Kier alpha value is -3.96. The maximum Gasteiger partial charge on any atom is 0.416 e. The molecule has 11 heteroatoms. The molecule has 1 aliphatic rings. The highest BCUT2D eigenvalue weighted by Gasteiger charge is 2.30. The molecule has 48 heavy (non-hydrogen) atoms. The topological polar surface area (TPSA) is 58.4 Å². The van der Waals surface area contributed by atoms with Gasteiger partial charge in [-0.15, -0.1) is 0 Å². The molecule has 0 bridgehead atoms. The minimum absolute atomic E-state index is 0.0153. The summed E-state index contributed by atoms with van der Waals surface area (Å²) in [6.07, 6.45) is -12.1. The minimum atomic E-state index is -5.41. The van der Waals surface area contributed by atoms with Gasteiger partial charge >= 0.3 is 6.18 Å². The average molecular weight is 700 g/mol. The molecule has 6 nitrogen and oxygen atoms in total. The van der Waals surface area contributed by atoms with Gasteiger partial charge in [0.25, 0.3) is 5.56 Å². The second-order valence-electron chi connectivity index (χ2n) is 10.0. The van der Waals surface area contributed by atoms with Gasteiger partial charge in [0, 0.05) is 46.1 Å². The average Bonchev–Trinajstić information content (AvgIpc) is 3.31. The number of likely N-dealkylation sites (N-methyl/N-ethyl adjacent to an activating group) is 1. The molecule has 0 saturated heterocycles. The van der Waals surface area contributed by atoms with Gasteiger partial charge in [0.15, 0.2) is 5.16 Å². The number of alkyl halides is 3. The summed E-state index contributed by atoms with van der Waals surface area (Å²) >= 11 is -0.117. The highest BCUT2D eigenvalue weighted by molar-refractivity contribution is 7.98. The number of rotatable bonds is 13. The van der Waals surface area contributed by atoms with Crippen molar-refractivity contribution in [3.8, 4) is 11.1 Å². The molecule has 5 rings (SSSR count). The van der Waals surface area contributed by atoms with Crippen LogP contribution >= 0.6 is 11.8 Å². The molecule has 3 aromatic carbocycles. The van der Waals surface area contributed by atoms with Crippen molar-refractivity contribution in [3.05, 3.63) is 117 Å². The summed E-state index contributed by atoms with van der Waals surface area (Å²) in [5.74, 6) is -5.85. The van der Waals surface area contributed by atoms with Crippen LogP contribution in [0.1, 0.15) is 74.8 Å². The molecule has 1 unspecified atom stereocenters. The summed E-state index contributed by atoms with van der Waals surface area (Å²) in [6, 6.07) is -7.93. The van der Waals surface area contributed by atoms with Crippen LogP contribution in [-0.2, 0) is 42.4 Å². The molecule has 0 fully saturated rings. The van der Waals surface area contributed by atoms with E-state index in [0.717, 1.165) is 31.2 Å². The molecule has 4 aromatic rings. The monoisotopic (exact) mass is 699 g/mol. The molecular formula is C37H40F4N4O2S. The predicted octanol–water partition coefficient (Wildman–Crippen LogP) is 7.47. The van der Waals surface area contributed by atoms with Crippen molar-refractivity contribution < 1.29 is 48.4 Å². The number of thioether (sulfide) groups is 1.